The van der Waals surface area contributed by atoms with Gasteiger partial charge in [-0.1, -0.05) is 18.2 Å². The molecule has 0 aliphatic heterocycles. The van der Waals surface area contributed by atoms with Crippen LogP contribution >= 0.6 is 11.8 Å². The van der Waals surface area contributed by atoms with Crippen molar-refractivity contribution in [2.75, 3.05) is 0 Å². The smallest absolute Gasteiger partial charge is 0.211 e. The van der Waals surface area contributed by atoms with Crippen molar-refractivity contribution < 1.29 is 0 Å². The van der Waals surface area contributed by atoms with E-state index in [-0.39, 0.29) is 0 Å². The molecule has 0 atom stereocenters. The maximum absolute atomic E-state index is 3.76. The monoisotopic (exact) mass is 178 g/mol. The van der Waals surface area contributed by atoms with Crippen molar-refractivity contribution >= 4 is 11.8 Å². The fourth-order valence-electron chi connectivity index (χ4n) is 0.794. The number of tetrazole rings is 1. The Morgan fingerprint density at radius 2 is 2.00 bits per heavy atom. The lowest BCUT2D eigenvalue weighted by atomic mass is 10.4. The van der Waals surface area contributed by atoms with Gasteiger partial charge in [-0.2, -0.15) is 0 Å². The van der Waals surface area contributed by atoms with Crippen LogP contribution in [0.15, 0.2) is 40.4 Å². The summed E-state index contributed by atoms with van der Waals surface area (Å²) in [6.07, 6.45) is 0. The molecule has 0 spiro atoms. The lowest BCUT2D eigenvalue weighted by molar-refractivity contribution is 0.881. The molecule has 0 saturated heterocycles. The maximum atomic E-state index is 3.76. The molecule has 2 aromatic rings. The second-order valence-electron chi connectivity index (χ2n) is 2.12. The summed E-state index contributed by atoms with van der Waals surface area (Å²) < 4.78 is 0. The molecule has 0 saturated carbocycles. The van der Waals surface area contributed by atoms with Gasteiger partial charge in [-0.15, -0.1) is 5.10 Å². The second-order valence-corrected chi connectivity index (χ2v) is 3.18. The highest BCUT2D eigenvalue weighted by molar-refractivity contribution is 7.99. The van der Waals surface area contributed by atoms with Crippen molar-refractivity contribution in [1.82, 2.24) is 20.6 Å². The summed E-state index contributed by atoms with van der Waals surface area (Å²) in [5, 5.41) is 14.1. The Hall–Kier alpha value is -1.36. The molecule has 60 valence electrons. The predicted molar refractivity (Wildman–Crippen MR) is 44.7 cm³/mol. The van der Waals surface area contributed by atoms with E-state index in [1.54, 1.807) is 0 Å². The van der Waals surface area contributed by atoms with Crippen molar-refractivity contribution in [3.63, 3.8) is 0 Å². The lowest BCUT2D eigenvalue weighted by Crippen LogP contribution is -1.74. The van der Waals surface area contributed by atoms with Crippen LogP contribution in [0.4, 0.5) is 0 Å². The Kier molecular flexibility index (Phi) is 2.04. The zero-order valence-corrected chi connectivity index (χ0v) is 6.95. The third-order valence-corrected chi connectivity index (χ3v) is 2.16. The molecule has 0 unspecified atom stereocenters. The third kappa shape index (κ3) is 1.62. The Bertz CT molecular complexity index is 332. The first-order valence-electron chi connectivity index (χ1n) is 3.42. The fraction of sp³-hybridized carbons (Fsp3) is 0. The largest absolute Gasteiger partial charge is 0.234 e. The van der Waals surface area contributed by atoms with Crippen molar-refractivity contribution in [2.24, 2.45) is 0 Å². The molecular formula is C7H6N4S. The van der Waals surface area contributed by atoms with Gasteiger partial charge in [0.15, 0.2) is 0 Å². The zero-order chi connectivity index (χ0) is 8.23. The minimum absolute atomic E-state index is 0.709. The van der Waals surface area contributed by atoms with Crippen LogP contribution < -0.4 is 0 Å². The van der Waals surface area contributed by atoms with Gasteiger partial charge in [0.2, 0.25) is 5.16 Å². The van der Waals surface area contributed by atoms with E-state index in [1.165, 1.54) is 11.8 Å². The quantitative estimate of drug-likeness (QED) is 0.754. The van der Waals surface area contributed by atoms with Crippen LogP contribution in [0.2, 0.25) is 0 Å². The number of aromatic nitrogens is 4. The van der Waals surface area contributed by atoms with Crippen LogP contribution in [0.25, 0.3) is 0 Å². The maximum Gasteiger partial charge on any atom is 0.211 e. The van der Waals surface area contributed by atoms with Gasteiger partial charge in [0.25, 0.3) is 0 Å². The molecule has 5 heteroatoms. The van der Waals surface area contributed by atoms with E-state index in [9.17, 15) is 0 Å². The lowest BCUT2D eigenvalue weighted by Gasteiger charge is -1.93. The fourth-order valence-corrected chi connectivity index (χ4v) is 1.47. The Morgan fingerprint density at radius 3 is 2.67 bits per heavy atom. The van der Waals surface area contributed by atoms with Gasteiger partial charge in [0, 0.05) is 4.90 Å². The Balaban J connectivity index is 2.15. The Morgan fingerprint density at radius 1 is 1.17 bits per heavy atom. The van der Waals surface area contributed by atoms with Crippen LogP contribution in [0.5, 0.6) is 0 Å². The van der Waals surface area contributed by atoms with Crippen molar-refractivity contribution in [3.8, 4) is 0 Å². The number of hydrogen-bond acceptors (Lipinski definition) is 4. The average Bonchev–Trinajstić information content (AvgIpc) is 2.59. The standard InChI is InChI=1S/C7H6N4S/c1-2-4-6(5-3-1)12-7-8-10-11-9-7/h1-5H,(H,8,9,10,11). The predicted octanol–water partition coefficient (Wildman–Crippen LogP) is 1.35. The van der Waals surface area contributed by atoms with Crippen molar-refractivity contribution in [3.05, 3.63) is 30.3 Å². The number of rotatable bonds is 2. The van der Waals surface area contributed by atoms with Gasteiger partial charge in [0.05, 0.1) is 0 Å². The summed E-state index contributed by atoms with van der Waals surface area (Å²) in [5.74, 6) is 0. The first-order chi connectivity index (χ1) is 5.95. The van der Waals surface area contributed by atoms with E-state index in [1.807, 2.05) is 30.3 Å². The van der Waals surface area contributed by atoms with Crippen molar-refractivity contribution in [2.45, 2.75) is 10.1 Å². The van der Waals surface area contributed by atoms with E-state index in [4.69, 9.17) is 0 Å². The number of aromatic amines is 1. The van der Waals surface area contributed by atoms with Gasteiger partial charge in [-0.05, 0) is 34.3 Å². The van der Waals surface area contributed by atoms with E-state index < -0.39 is 0 Å². The molecule has 0 aliphatic carbocycles. The molecular weight excluding hydrogens is 172 g/mol. The summed E-state index contributed by atoms with van der Waals surface area (Å²) in [7, 11) is 0. The molecule has 0 radical (unpaired) electrons. The summed E-state index contributed by atoms with van der Waals surface area (Å²) >= 11 is 1.50. The van der Waals surface area contributed by atoms with E-state index in [0.29, 0.717) is 5.16 Å². The number of nitrogens with zero attached hydrogens (tertiary/aromatic N) is 3. The second kappa shape index (κ2) is 3.36. The first-order valence-corrected chi connectivity index (χ1v) is 4.23. The molecule has 1 N–H and O–H groups in total. The number of benzene rings is 1. The average molecular weight is 178 g/mol. The normalized spacial score (nSPS) is 10.0. The number of H-pyrrole nitrogens is 1. The van der Waals surface area contributed by atoms with Crippen LogP contribution in [0, 0.1) is 0 Å². The molecule has 0 amide bonds. The minimum atomic E-state index is 0.709. The highest BCUT2D eigenvalue weighted by Crippen LogP contribution is 2.22. The van der Waals surface area contributed by atoms with Crippen LogP contribution in [-0.4, -0.2) is 20.6 Å². The molecule has 1 heterocycles. The topological polar surface area (TPSA) is 54.5 Å². The molecule has 1 aromatic heterocycles. The van der Waals surface area contributed by atoms with E-state index in [2.05, 4.69) is 20.6 Å². The molecule has 12 heavy (non-hydrogen) atoms. The highest BCUT2D eigenvalue weighted by atomic mass is 32.2. The first kappa shape index (κ1) is 7.30. The summed E-state index contributed by atoms with van der Waals surface area (Å²) in [5.41, 5.74) is 0. The van der Waals surface area contributed by atoms with Gasteiger partial charge in [0.1, 0.15) is 0 Å². The summed E-state index contributed by atoms with van der Waals surface area (Å²) in [6, 6.07) is 9.95. The van der Waals surface area contributed by atoms with Crippen LogP contribution in [-0.2, 0) is 0 Å². The van der Waals surface area contributed by atoms with Gasteiger partial charge in [-0.3, -0.25) is 0 Å². The van der Waals surface area contributed by atoms with Crippen LogP contribution in [0.1, 0.15) is 0 Å². The third-order valence-electron chi connectivity index (χ3n) is 1.28. The van der Waals surface area contributed by atoms with Gasteiger partial charge in [-0.25, -0.2) is 5.10 Å². The van der Waals surface area contributed by atoms with Gasteiger partial charge >= 0.3 is 0 Å². The van der Waals surface area contributed by atoms with Crippen molar-refractivity contribution in [1.29, 1.82) is 0 Å². The molecule has 4 nitrogen and oxygen atoms in total. The van der Waals surface area contributed by atoms with E-state index >= 15 is 0 Å². The highest BCUT2D eigenvalue weighted by Gasteiger charge is 1.98. The molecule has 2 rings (SSSR count). The minimum Gasteiger partial charge on any atom is -0.234 e. The van der Waals surface area contributed by atoms with Crippen LogP contribution in [0.3, 0.4) is 0 Å². The summed E-state index contributed by atoms with van der Waals surface area (Å²) in [4.78, 5) is 1.12. The Labute approximate surface area is 73.4 Å². The molecule has 0 bridgehead atoms. The van der Waals surface area contributed by atoms with Gasteiger partial charge < -0.3 is 0 Å². The molecule has 0 fully saturated rings. The number of hydrogen-bond donors (Lipinski definition) is 1. The van der Waals surface area contributed by atoms with E-state index in [0.717, 1.165) is 4.90 Å². The molecule has 0 aliphatic rings. The number of nitrogens with one attached hydrogen (secondary N) is 1. The molecule has 1 aromatic carbocycles. The zero-order valence-electron chi connectivity index (χ0n) is 6.14. The SMILES string of the molecule is c1ccc(Sc2nnn[nH]2)cc1. The summed E-state index contributed by atoms with van der Waals surface area (Å²) in [6.45, 7) is 0.